The van der Waals surface area contributed by atoms with Crippen LogP contribution in [-0.4, -0.2) is 16.1 Å². The van der Waals surface area contributed by atoms with Crippen LogP contribution in [0.15, 0.2) is 59.7 Å². The predicted octanol–water partition coefficient (Wildman–Crippen LogP) is 3.16. The Kier molecular flexibility index (Phi) is 3.88. The zero-order chi connectivity index (χ0) is 14.7. The van der Waals surface area contributed by atoms with Crippen molar-refractivity contribution in [3.63, 3.8) is 0 Å². The third-order valence-electron chi connectivity index (χ3n) is 3.27. The van der Waals surface area contributed by atoms with Crippen LogP contribution < -0.4 is 10.9 Å². The molecule has 0 aliphatic heterocycles. The number of aromatic nitrogens is 2. The number of fused-ring (bicyclic) bond motifs is 1. The molecule has 0 aliphatic rings. The molecule has 3 rings (SSSR count). The van der Waals surface area contributed by atoms with Crippen molar-refractivity contribution in [3.05, 3.63) is 70.2 Å². The molecule has 0 radical (unpaired) electrons. The lowest BCUT2D eigenvalue weighted by atomic mass is 10.2. The van der Waals surface area contributed by atoms with E-state index in [4.69, 9.17) is 11.6 Å². The minimum Gasteiger partial charge on any atom is -0.382 e. The summed E-state index contributed by atoms with van der Waals surface area (Å²) >= 11 is 6.07. The molecule has 0 spiro atoms. The van der Waals surface area contributed by atoms with E-state index in [2.05, 4.69) is 10.3 Å². The molecule has 3 aromatic rings. The van der Waals surface area contributed by atoms with E-state index in [1.807, 2.05) is 42.5 Å². The van der Waals surface area contributed by atoms with E-state index in [1.54, 1.807) is 17.0 Å². The van der Waals surface area contributed by atoms with Gasteiger partial charge in [0.25, 0.3) is 5.56 Å². The van der Waals surface area contributed by atoms with Crippen molar-refractivity contribution in [2.45, 2.75) is 6.54 Å². The molecule has 0 bridgehead atoms. The van der Waals surface area contributed by atoms with Gasteiger partial charge in [-0.05, 0) is 24.3 Å². The van der Waals surface area contributed by atoms with Crippen molar-refractivity contribution < 1.29 is 0 Å². The SMILES string of the molecule is O=c1c2ccccc2ncn1CCNc1ccccc1Cl. The van der Waals surface area contributed by atoms with Crippen molar-refractivity contribution in [2.75, 3.05) is 11.9 Å². The average molecular weight is 300 g/mol. The molecular weight excluding hydrogens is 286 g/mol. The molecule has 1 heterocycles. The number of nitrogens with one attached hydrogen (secondary N) is 1. The molecule has 0 aliphatic carbocycles. The highest BCUT2D eigenvalue weighted by atomic mass is 35.5. The Morgan fingerprint density at radius 2 is 1.86 bits per heavy atom. The molecule has 1 aromatic heterocycles. The summed E-state index contributed by atoms with van der Waals surface area (Å²) in [6, 6.07) is 14.9. The summed E-state index contributed by atoms with van der Waals surface area (Å²) in [5.74, 6) is 0. The zero-order valence-corrected chi connectivity index (χ0v) is 12.0. The number of rotatable bonds is 4. The highest BCUT2D eigenvalue weighted by Crippen LogP contribution is 2.19. The lowest BCUT2D eigenvalue weighted by molar-refractivity contribution is 0.689. The molecule has 0 unspecified atom stereocenters. The topological polar surface area (TPSA) is 46.9 Å². The maximum absolute atomic E-state index is 12.3. The van der Waals surface area contributed by atoms with E-state index in [9.17, 15) is 4.79 Å². The van der Waals surface area contributed by atoms with Crippen LogP contribution in [0.4, 0.5) is 5.69 Å². The maximum atomic E-state index is 12.3. The zero-order valence-electron chi connectivity index (χ0n) is 11.3. The second-order valence-electron chi connectivity index (χ2n) is 4.67. The van der Waals surface area contributed by atoms with E-state index in [0.29, 0.717) is 23.5 Å². The van der Waals surface area contributed by atoms with E-state index >= 15 is 0 Å². The molecule has 0 fully saturated rings. The van der Waals surface area contributed by atoms with E-state index < -0.39 is 0 Å². The summed E-state index contributed by atoms with van der Waals surface area (Å²) in [6.07, 6.45) is 1.58. The molecule has 1 N–H and O–H groups in total. The van der Waals surface area contributed by atoms with E-state index in [0.717, 1.165) is 11.2 Å². The Hall–Kier alpha value is -2.33. The Balaban J connectivity index is 1.76. The first-order valence-electron chi connectivity index (χ1n) is 6.68. The number of hydrogen-bond donors (Lipinski definition) is 1. The maximum Gasteiger partial charge on any atom is 0.261 e. The Labute approximate surface area is 127 Å². The molecule has 0 atom stereocenters. The fraction of sp³-hybridized carbons (Fsp3) is 0.125. The Bertz CT molecular complexity index is 829. The highest BCUT2D eigenvalue weighted by molar-refractivity contribution is 6.33. The number of para-hydroxylation sites is 2. The number of halogens is 1. The lowest BCUT2D eigenvalue weighted by Gasteiger charge is -2.10. The van der Waals surface area contributed by atoms with Crippen molar-refractivity contribution in [1.82, 2.24) is 9.55 Å². The number of hydrogen-bond acceptors (Lipinski definition) is 3. The molecule has 0 saturated heterocycles. The van der Waals surface area contributed by atoms with Crippen LogP contribution in [0.3, 0.4) is 0 Å². The first-order chi connectivity index (χ1) is 10.3. The predicted molar refractivity (Wildman–Crippen MR) is 85.9 cm³/mol. The summed E-state index contributed by atoms with van der Waals surface area (Å²) in [6.45, 7) is 1.13. The smallest absolute Gasteiger partial charge is 0.261 e. The van der Waals surface area contributed by atoms with Gasteiger partial charge in [-0.1, -0.05) is 35.9 Å². The van der Waals surface area contributed by atoms with Gasteiger partial charge in [0, 0.05) is 13.1 Å². The van der Waals surface area contributed by atoms with Crippen LogP contribution >= 0.6 is 11.6 Å². The fourth-order valence-corrected chi connectivity index (χ4v) is 2.38. The summed E-state index contributed by atoms with van der Waals surface area (Å²) in [5.41, 5.74) is 1.56. The van der Waals surface area contributed by atoms with Crippen molar-refractivity contribution in [1.29, 1.82) is 0 Å². The highest BCUT2D eigenvalue weighted by Gasteiger charge is 2.03. The Morgan fingerprint density at radius 3 is 2.71 bits per heavy atom. The number of anilines is 1. The molecule has 5 heteroatoms. The van der Waals surface area contributed by atoms with Gasteiger partial charge < -0.3 is 5.32 Å². The fourth-order valence-electron chi connectivity index (χ4n) is 2.18. The molecule has 21 heavy (non-hydrogen) atoms. The third-order valence-corrected chi connectivity index (χ3v) is 3.60. The third kappa shape index (κ3) is 2.90. The van der Waals surface area contributed by atoms with Crippen LogP contribution in [0.5, 0.6) is 0 Å². The number of benzene rings is 2. The van der Waals surface area contributed by atoms with Crippen LogP contribution in [0.1, 0.15) is 0 Å². The van der Waals surface area contributed by atoms with Gasteiger partial charge in [-0.2, -0.15) is 0 Å². The molecule has 106 valence electrons. The van der Waals surface area contributed by atoms with Crippen molar-refractivity contribution in [3.8, 4) is 0 Å². The van der Waals surface area contributed by atoms with Crippen LogP contribution in [-0.2, 0) is 6.54 Å². The van der Waals surface area contributed by atoms with Gasteiger partial charge in [-0.15, -0.1) is 0 Å². The second-order valence-corrected chi connectivity index (χ2v) is 5.07. The Morgan fingerprint density at radius 1 is 1.10 bits per heavy atom. The summed E-state index contributed by atoms with van der Waals surface area (Å²) < 4.78 is 1.60. The first kappa shape index (κ1) is 13.6. The monoisotopic (exact) mass is 299 g/mol. The molecule has 2 aromatic carbocycles. The molecule has 0 saturated carbocycles. The van der Waals surface area contributed by atoms with Crippen LogP contribution in [0.25, 0.3) is 10.9 Å². The minimum absolute atomic E-state index is 0.0263. The largest absolute Gasteiger partial charge is 0.382 e. The number of nitrogens with zero attached hydrogens (tertiary/aromatic N) is 2. The lowest BCUT2D eigenvalue weighted by Crippen LogP contribution is -2.24. The average Bonchev–Trinajstić information content (AvgIpc) is 2.52. The summed E-state index contributed by atoms with van der Waals surface area (Å²) in [5, 5.41) is 4.52. The first-order valence-corrected chi connectivity index (χ1v) is 7.06. The normalized spacial score (nSPS) is 10.7. The standard InChI is InChI=1S/C16H14ClN3O/c17-13-6-2-4-8-15(13)18-9-10-20-11-19-14-7-3-1-5-12(14)16(20)21/h1-8,11,18H,9-10H2. The summed E-state index contributed by atoms with van der Waals surface area (Å²) in [7, 11) is 0. The second kappa shape index (κ2) is 5.97. The van der Waals surface area contributed by atoms with Gasteiger partial charge >= 0.3 is 0 Å². The molecule has 4 nitrogen and oxygen atoms in total. The van der Waals surface area contributed by atoms with Gasteiger partial charge in [-0.25, -0.2) is 4.98 Å². The van der Waals surface area contributed by atoms with E-state index in [1.165, 1.54) is 0 Å². The quantitative estimate of drug-likeness (QED) is 0.805. The van der Waals surface area contributed by atoms with Crippen molar-refractivity contribution in [2.24, 2.45) is 0 Å². The van der Waals surface area contributed by atoms with Gasteiger partial charge in [0.05, 0.1) is 27.9 Å². The van der Waals surface area contributed by atoms with Crippen molar-refractivity contribution >= 4 is 28.2 Å². The van der Waals surface area contributed by atoms with Gasteiger partial charge in [0.15, 0.2) is 0 Å². The molecule has 0 amide bonds. The minimum atomic E-state index is -0.0263. The van der Waals surface area contributed by atoms with E-state index in [-0.39, 0.29) is 5.56 Å². The van der Waals surface area contributed by atoms with Gasteiger partial charge in [0.2, 0.25) is 0 Å². The van der Waals surface area contributed by atoms with Gasteiger partial charge in [0.1, 0.15) is 0 Å². The van der Waals surface area contributed by atoms with Crippen LogP contribution in [0.2, 0.25) is 5.02 Å². The van der Waals surface area contributed by atoms with Gasteiger partial charge in [-0.3, -0.25) is 9.36 Å². The summed E-state index contributed by atoms with van der Waals surface area (Å²) in [4.78, 5) is 16.6. The van der Waals surface area contributed by atoms with Crippen LogP contribution in [0, 0.1) is 0 Å². The molecular formula is C16H14ClN3O.